The van der Waals surface area contributed by atoms with Gasteiger partial charge >= 0.3 is 0 Å². The first-order valence-electron chi connectivity index (χ1n) is 6.93. The van der Waals surface area contributed by atoms with E-state index in [0.29, 0.717) is 6.61 Å². The Bertz CT molecular complexity index is 397. The van der Waals surface area contributed by atoms with Crippen molar-refractivity contribution in [2.45, 2.75) is 52.9 Å². The van der Waals surface area contributed by atoms with E-state index in [1.165, 1.54) is 17.5 Å². The van der Waals surface area contributed by atoms with Gasteiger partial charge in [0.1, 0.15) is 5.75 Å². The van der Waals surface area contributed by atoms with Crippen LogP contribution >= 0.6 is 0 Å². The zero-order chi connectivity index (χ0) is 13.6. The van der Waals surface area contributed by atoms with Crippen LogP contribution in [0.5, 0.6) is 5.75 Å². The lowest BCUT2D eigenvalue weighted by atomic mass is 9.85. The van der Waals surface area contributed by atoms with Gasteiger partial charge in [0.2, 0.25) is 0 Å². The number of benzene rings is 1. The van der Waals surface area contributed by atoms with Crippen molar-refractivity contribution in [3.8, 4) is 5.75 Å². The van der Waals surface area contributed by atoms with Gasteiger partial charge in [0.15, 0.2) is 0 Å². The molecule has 0 amide bonds. The van der Waals surface area contributed by atoms with Gasteiger partial charge in [-0.05, 0) is 36.0 Å². The molecular formula is C17H26O. The standard InChI is InChI=1S/C17H26O/c1-6-8-9-10-14-11-12-15(17(3,4)5)16(13-14)18-7-2/h9-13H,6-8H2,1-5H3/b10-9+. The molecule has 0 aliphatic rings. The van der Waals surface area contributed by atoms with E-state index in [2.05, 4.69) is 58.0 Å². The lowest BCUT2D eigenvalue weighted by molar-refractivity contribution is 0.330. The van der Waals surface area contributed by atoms with Gasteiger partial charge in [-0.2, -0.15) is 0 Å². The van der Waals surface area contributed by atoms with Crippen LogP contribution in [0.3, 0.4) is 0 Å². The van der Waals surface area contributed by atoms with Gasteiger partial charge in [0.25, 0.3) is 0 Å². The summed E-state index contributed by atoms with van der Waals surface area (Å²) in [7, 11) is 0. The first kappa shape index (κ1) is 14.8. The highest BCUT2D eigenvalue weighted by Crippen LogP contribution is 2.32. The average molecular weight is 246 g/mol. The molecule has 100 valence electrons. The second-order valence-electron chi connectivity index (χ2n) is 5.63. The Labute approximate surface area is 112 Å². The van der Waals surface area contributed by atoms with Crippen LogP contribution in [0.2, 0.25) is 0 Å². The van der Waals surface area contributed by atoms with Crippen molar-refractivity contribution >= 4 is 6.08 Å². The molecular weight excluding hydrogens is 220 g/mol. The molecule has 0 unspecified atom stereocenters. The van der Waals surface area contributed by atoms with Gasteiger partial charge in [-0.15, -0.1) is 0 Å². The zero-order valence-corrected chi connectivity index (χ0v) is 12.4. The number of ether oxygens (including phenoxy) is 1. The quantitative estimate of drug-likeness (QED) is 0.694. The molecule has 1 aromatic carbocycles. The predicted octanol–water partition coefficient (Wildman–Crippen LogP) is 5.20. The third-order valence-electron chi connectivity index (χ3n) is 2.88. The maximum absolute atomic E-state index is 5.78. The summed E-state index contributed by atoms with van der Waals surface area (Å²) in [5, 5.41) is 0. The molecule has 0 saturated carbocycles. The highest BCUT2D eigenvalue weighted by molar-refractivity contribution is 5.55. The maximum Gasteiger partial charge on any atom is 0.123 e. The second kappa shape index (κ2) is 6.63. The topological polar surface area (TPSA) is 9.23 Å². The zero-order valence-electron chi connectivity index (χ0n) is 12.4. The minimum atomic E-state index is 0.121. The van der Waals surface area contributed by atoms with Crippen molar-refractivity contribution in [1.82, 2.24) is 0 Å². The second-order valence-corrected chi connectivity index (χ2v) is 5.63. The van der Waals surface area contributed by atoms with Crippen molar-refractivity contribution < 1.29 is 4.74 Å². The third-order valence-corrected chi connectivity index (χ3v) is 2.88. The van der Waals surface area contributed by atoms with Crippen molar-refractivity contribution in [2.24, 2.45) is 0 Å². The van der Waals surface area contributed by atoms with E-state index in [-0.39, 0.29) is 5.41 Å². The molecule has 0 aliphatic carbocycles. The lowest BCUT2D eigenvalue weighted by Gasteiger charge is -2.23. The summed E-state index contributed by atoms with van der Waals surface area (Å²) >= 11 is 0. The third kappa shape index (κ3) is 4.21. The minimum absolute atomic E-state index is 0.121. The van der Waals surface area contributed by atoms with Crippen molar-refractivity contribution in [3.05, 3.63) is 35.4 Å². The molecule has 0 bridgehead atoms. The van der Waals surface area contributed by atoms with Crippen LogP contribution in [0.25, 0.3) is 6.08 Å². The molecule has 0 radical (unpaired) electrons. The fourth-order valence-corrected chi connectivity index (χ4v) is 1.92. The molecule has 0 fully saturated rings. The van der Waals surface area contributed by atoms with E-state index >= 15 is 0 Å². The summed E-state index contributed by atoms with van der Waals surface area (Å²) in [5.74, 6) is 1.02. The van der Waals surface area contributed by atoms with Gasteiger partial charge in [0, 0.05) is 0 Å². The Kier molecular flexibility index (Phi) is 5.46. The molecule has 0 atom stereocenters. The van der Waals surface area contributed by atoms with Crippen molar-refractivity contribution in [3.63, 3.8) is 0 Å². The summed E-state index contributed by atoms with van der Waals surface area (Å²) in [5.41, 5.74) is 2.62. The summed E-state index contributed by atoms with van der Waals surface area (Å²) < 4.78 is 5.78. The first-order valence-corrected chi connectivity index (χ1v) is 6.93. The van der Waals surface area contributed by atoms with E-state index < -0.39 is 0 Å². The molecule has 0 aromatic heterocycles. The van der Waals surface area contributed by atoms with E-state index in [4.69, 9.17) is 4.74 Å². The van der Waals surface area contributed by atoms with Gasteiger partial charge in [-0.1, -0.05) is 58.4 Å². The Balaban J connectivity index is 3.03. The van der Waals surface area contributed by atoms with Gasteiger partial charge < -0.3 is 4.74 Å². The molecule has 1 rings (SSSR count). The Morgan fingerprint density at radius 1 is 1.17 bits per heavy atom. The minimum Gasteiger partial charge on any atom is -0.494 e. The Morgan fingerprint density at radius 2 is 1.89 bits per heavy atom. The molecule has 18 heavy (non-hydrogen) atoms. The van der Waals surface area contributed by atoms with E-state index in [9.17, 15) is 0 Å². The van der Waals surface area contributed by atoms with E-state index in [0.717, 1.165) is 12.2 Å². The number of rotatable bonds is 5. The highest BCUT2D eigenvalue weighted by atomic mass is 16.5. The van der Waals surface area contributed by atoms with Crippen LogP contribution in [0.4, 0.5) is 0 Å². The molecule has 0 heterocycles. The van der Waals surface area contributed by atoms with Crippen molar-refractivity contribution in [1.29, 1.82) is 0 Å². The summed E-state index contributed by atoms with van der Waals surface area (Å²) in [6.07, 6.45) is 6.72. The van der Waals surface area contributed by atoms with E-state index in [1.807, 2.05) is 6.92 Å². The molecule has 1 heteroatoms. The SMILES string of the molecule is CCC/C=C/c1ccc(C(C)(C)C)c(OCC)c1. The molecule has 1 nitrogen and oxygen atoms in total. The monoisotopic (exact) mass is 246 g/mol. The Hall–Kier alpha value is -1.24. The molecule has 0 spiro atoms. The largest absolute Gasteiger partial charge is 0.494 e. The van der Waals surface area contributed by atoms with Crippen LogP contribution in [0.1, 0.15) is 58.6 Å². The van der Waals surface area contributed by atoms with E-state index in [1.54, 1.807) is 0 Å². The fraction of sp³-hybridized carbons (Fsp3) is 0.529. The first-order chi connectivity index (χ1) is 8.49. The molecule has 1 aromatic rings. The number of hydrogen-bond acceptors (Lipinski definition) is 1. The molecule has 0 N–H and O–H groups in total. The number of allylic oxidation sites excluding steroid dienone is 1. The van der Waals surface area contributed by atoms with Gasteiger partial charge in [0.05, 0.1) is 6.61 Å². The molecule has 0 saturated heterocycles. The van der Waals surface area contributed by atoms with Crippen molar-refractivity contribution in [2.75, 3.05) is 6.61 Å². The lowest BCUT2D eigenvalue weighted by Crippen LogP contribution is -2.13. The van der Waals surface area contributed by atoms with Crippen LogP contribution in [-0.2, 0) is 5.41 Å². The number of unbranched alkanes of at least 4 members (excludes halogenated alkanes) is 1. The normalized spacial score (nSPS) is 12.1. The van der Waals surface area contributed by atoms with Gasteiger partial charge in [-0.3, -0.25) is 0 Å². The molecule has 0 aliphatic heterocycles. The highest BCUT2D eigenvalue weighted by Gasteiger charge is 2.18. The van der Waals surface area contributed by atoms with Gasteiger partial charge in [-0.25, -0.2) is 0 Å². The summed E-state index contributed by atoms with van der Waals surface area (Å²) in [6, 6.07) is 6.52. The smallest absolute Gasteiger partial charge is 0.123 e. The number of hydrogen-bond donors (Lipinski definition) is 0. The van der Waals surface area contributed by atoms with Crippen LogP contribution in [-0.4, -0.2) is 6.61 Å². The van der Waals surface area contributed by atoms with Crippen LogP contribution in [0, 0.1) is 0 Å². The predicted molar refractivity (Wildman–Crippen MR) is 80.3 cm³/mol. The summed E-state index contributed by atoms with van der Waals surface area (Å²) in [6.45, 7) is 11.6. The average Bonchev–Trinajstić information content (AvgIpc) is 2.28. The Morgan fingerprint density at radius 3 is 2.44 bits per heavy atom. The van der Waals surface area contributed by atoms with Crippen LogP contribution < -0.4 is 4.74 Å². The fourth-order valence-electron chi connectivity index (χ4n) is 1.92. The maximum atomic E-state index is 5.78. The summed E-state index contributed by atoms with van der Waals surface area (Å²) in [4.78, 5) is 0. The van der Waals surface area contributed by atoms with Crippen LogP contribution in [0.15, 0.2) is 24.3 Å².